The second-order valence-electron chi connectivity index (χ2n) is 8.25. The number of hydrogen-bond acceptors (Lipinski definition) is 3. The smallest absolute Gasteiger partial charge is 0.0720 e. The fourth-order valence-corrected chi connectivity index (χ4v) is 3.99. The molecule has 3 rings (SSSR count). The van der Waals surface area contributed by atoms with E-state index in [4.69, 9.17) is 14.2 Å². The van der Waals surface area contributed by atoms with Gasteiger partial charge in [-0.25, -0.2) is 0 Å². The Balaban J connectivity index is 1.28. The number of rotatable bonds is 9. The second kappa shape index (κ2) is 13.7. The molecule has 3 heteroatoms. The van der Waals surface area contributed by atoms with Gasteiger partial charge in [-0.05, 0) is 75.3 Å². The molecule has 160 valence electrons. The molecule has 2 aliphatic rings. The van der Waals surface area contributed by atoms with E-state index in [1.54, 1.807) is 0 Å². The highest BCUT2D eigenvalue weighted by molar-refractivity contribution is 5.21. The lowest BCUT2D eigenvalue weighted by Gasteiger charge is -2.19. The molecule has 29 heavy (non-hydrogen) atoms. The molecular formula is C26H38O3. The molecule has 0 spiro atoms. The van der Waals surface area contributed by atoms with Crippen LogP contribution < -0.4 is 0 Å². The Bertz CT molecular complexity index is 605. The van der Waals surface area contributed by atoms with Crippen LogP contribution in [0.25, 0.3) is 0 Å². The number of hydrogen-bond donors (Lipinski definition) is 0. The highest BCUT2D eigenvalue weighted by atomic mass is 16.5. The highest BCUT2D eigenvalue weighted by Gasteiger charge is 2.11. The van der Waals surface area contributed by atoms with Crippen LogP contribution >= 0.6 is 0 Å². The minimum Gasteiger partial charge on any atom is -0.376 e. The van der Waals surface area contributed by atoms with E-state index in [0.29, 0.717) is 38.6 Å². The van der Waals surface area contributed by atoms with Crippen molar-refractivity contribution in [1.29, 1.82) is 0 Å². The van der Waals surface area contributed by atoms with Crippen LogP contribution in [0.1, 0.15) is 75.3 Å². The zero-order valence-corrected chi connectivity index (χ0v) is 17.9. The van der Waals surface area contributed by atoms with Crippen LogP contribution in [-0.2, 0) is 27.4 Å². The van der Waals surface area contributed by atoms with Crippen molar-refractivity contribution in [3.8, 4) is 0 Å². The standard InChI is InChI=1S/C26H38O3/c1-3-7-11-25(12-8-4-1)28-20-19-27-21-23-15-17-24(18-16-23)22-29-26-13-9-5-2-6-10-14-26/h1-3,5,15-18,25-26H,4,6-14,19-22H2/b3-1-,5-2-. The zero-order valence-electron chi connectivity index (χ0n) is 17.9. The second-order valence-corrected chi connectivity index (χ2v) is 8.25. The summed E-state index contributed by atoms with van der Waals surface area (Å²) in [6, 6.07) is 8.64. The van der Waals surface area contributed by atoms with Gasteiger partial charge in [0.1, 0.15) is 0 Å². The summed E-state index contributed by atoms with van der Waals surface area (Å²) in [7, 11) is 0. The third-order valence-electron chi connectivity index (χ3n) is 5.80. The summed E-state index contributed by atoms with van der Waals surface area (Å²) in [5.41, 5.74) is 2.45. The quantitative estimate of drug-likeness (QED) is 0.350. The molecule has 1 aromatic carbocycles. The van der Waals surface area contributed by atoms with Crippen LogP contribution in [0.3, 0.4) is 0 Å². The molecule has 0 radical (unpaired) electrons. The van der Waals surface area contributed by atoms with Crippen molar-refractivity contribution >= 4 is 0 Å². The van der Waals surface area contributed by atoms with Crippen molar-refractivity contribution in [3.63, 3.8) is 0 Å². The summed E-state index contributed by atoms with van der Waals surface area (Å²) in [5, 5.41) is 0. The van der Waals surface area contributed by atoms with Gasteiger partial charge in [0, 0.05) is 0 Å². The zero-order chi connectivity index (χ0) is 20.0. The van der Waals surface area contributed by atoms with Gasteiger partial charge in [0.15, 0.2) is 0 Å². The molecule has 0 amide bonds. The van der Waals surface area contributed by atoms with Crippen LogP contribution in [0, 0.1) is 0 Å². The summed E-state index contributed by atoms with van der Waals surface area (Å²) in [4.78, 5) is 0. The first kappa shape index (κ1) is 22.3. The van der Waals surface area contributed by atoms with Crippen LogP contribution in [-0.4, -0.2) is 25.4 Å². The molecule has 1 aromatic rings. The van der Waals surface area contributed by atoms with Crippen molar-refractivity contribution in [3.05, 3.63) is 59.7 Å². The Morgan fingerprint density at radius 2 is 1.14 bits per heavy atom. The van der Waals surface area contributed by atoms with Crippen LogP contribution in [0.5, 0.6) is 0 Å². The van der Waals surface area contributed by atoms with Gasteiger partial charge in [-0.3, -0.25) is 0 Å². The van der Waals surface area contributed by atoms with E-state index in [0.717, 1.165) is 25.7 Å². The monoisotopic (exact) mass is 398 g/mol. The summed E-state index contributed by atoms with van der Waals surface area (Å²) in [6.07, 6.45) is 21.7. The first-order valence-corrected chi connectivity index (χ1v) is 11.6. The lowest BCUT2D eigenvalue weighted by molar-refractivity contribution is -0.00671. The van der Waals surface area contributed by atoms with E-state index in [1.165, 1.54) is 49.7 Å². The van der Waals surface area contributed by atoms with Crippen LogP contribution in [0.2, 0.25) is 0 Å². The number of benzene rings is 1. The van der Waals surface area contributed by atoms with E-state index in [9.17, 15) is 0 Å². The fraction of sp³-hybridized carbons (Fsp3) is 0.615. The topological polar surface area (TPSA) is 27.7 Å². The van der Waals surface area contributed by atoms with Gasteiger partial charge < -0.3 is 14.2 Å². The van der Waals surface area contributed by atoms with Crippen molar-refractivity contribution in [2.45, 2.75) is 89.6 Å². The fourth-order valence-electron chi connectivity index (χ4n) is 3.99. The molecule has 0 saturated carbocycles. The Morgan fingerprint density at radius 1 is 0.586 bits per heavy atom. The van der Waals surface area contributed by atoms with Crippen molar-refractivity contribution < 1.29 is 14.2 Å². The average molecular weight is 399 g/mol. The predicted octanol–water partition coefficient (Wildman–Crippen LogP) is 6.51. The Hall–Kier alpha value is -1.42. The number of ether oxygens (including phenoxy) is 3. The van der Waals surface area contributed by atoms with Gasteiger partial charge in [0.05, 0.1) is 38.6 Å². The maximum absolute atomic E-state index is 6.15. The molecule has 0 bridgehead atoms. The number of allylic oxidation sites excluding steroid dienone is 4. The van der Waals surface area contributed by atoms with E-state index in [1.807, 2.05) is 0 Å². The lowest BCUT2D eigenvalue weighted by atomic mass is 10.0. The van der Waals surface area contributed by atoms with Gasteiger partial charge in [-0.15, -0.1) is 0 Å². The van der Waals surface area contributed by atoms with Crippen LogP contribution in [0.4, 0.5) is 0 Å². The Labute approximate surface area is 177 Å². The molecular weight excluding hydrogens is 360 g/mol. The van der Waals surface area contributed by atoms with E-state index in [-0.39, 0.29) is 0 Å². The maximum Gasteiger partial charge on any atom is 0.0720 e. The van der Waals surface area contributed by atoms with Gasteiger partial charge >= 0.3 is 0 Å². The third-order valence-corrected chi connectivity index (χ3v) is 5.80. The molecule has 0 heterocycles. The third kappa shape index (κ3) is 9.29. The molecule has 3 nitrogen and oxygen atoms in total. The summed E-state index contributed by atoms with van der Waals surface area (Å²) in [6.45, 7) is 2.71. The maximum atomic E-state index is 6.15. The minimum atomic E-state index is 0.400. The minimum absolute atomic E-state index is 0.400. The van der Waals surface area contributed by atoms with Crippen molar-refractivity contribution in [1.82, 2.24) is 0 Å². The van der Waals surface area contributed by atoms with Gasteiger partial charge in [0.2, 0.25) is 0 Å². The molecule has 0 N–H and O–H groups in total. The molecule has 0 aromatic heterocycles. The average Bonchev–Trinajstić information content (AvgIpc) is 2.69. The summed E-state index contributed by atoms with van der Waals surface area (Å²) >= 11 is 0. The Kier molecular flexibility index (Phi) is 10.6. The predicted molar refractivity (Wildman–Crippen MR) is 119 cm³/mol. The summed E-state index contributed by atoms with van der Waals surface area (Å²) in [5.74, 6) is 0. The summed E-state index contributed by atoms with van der Waals surface area (Å²) < 4.78 is 18.0. The Morgan fingerprint density at radius 3 is 1.79 bits per heavy atom. The SMILES string of the molecule is C1=C\CCC(OCCOCc2ccc(COC3CC/C=C\CCC3)cc2)CCC/1. The lowest BCUT2D eigenvalue weighted by Crippen LogP contribution is -2.17. The van der Waals surface area contributed by atoms with Gasteiger partial charge in [-0.2, -0.15) is 0 Å². The molecule has 0 fully saturated rings. The van der Waals surface area contributed by atoms with Gasteiger partial charge in [0.25, 0.3) is 0 Å². The van der Waals surface area contributed by atoms with E-state index >= 15 is 0 Å². The molecule has 2 aliphatic carbocycles. The first-order valence-electron chi connectivity index (χ1n) is 11.6. The van der Waals surface area contributed by atoms with Crippen molar-refractivity contribution in [2.24, 2.45) is 0 Å². The molecule has 0 saturated heterocycles. The van der Waals surface area contributed by atoms with Crippen LogP contribution in [0.15, 0.2) is 48.6 Å². The molecule has 2 atom stereocenters. The molecule has 2 unspecified atom stereocenters. The normalized spacial score (nSPS) is 25.4. The van der Waals surface area contributed by atoms with E-state index < -0.39 is 0 Å². The largest absolute Gasteiger partial charge is 0.376 e. The first-order chi connectivity index (χ1) is 14.4. The molecule has 0 aliphatic heterocycles. The van der Waals surface area contributed by atoms with E-state index in [2.05, 4.69) is 48.6 Å². The van der Waals surface area contributed by atoms with Gasteiger partial charge in [-0.1, -0.05) is 48.6 Å². The van der Waals surface area contributed by atoms with Crippen molar-refractivity contribution in [2.75, 3.05) is 13.2 Å². The highest BCUT2D eigenvalue weighted by Crippen LogP contribution is 2.18.